The molecule has 1 amide bonds. The standard InChI is InChI=1S/C28H36FN3O6/c1-6-8-32(7-2)12-15-11-18(33)21-16(22(15)29)9-14-10-17-23(31(4)5)25(35)19(27(30)37)13(3)28(17,38)26(36)20(14)24(21)34/h11,14,17,23,33,35-36,38H,3,6-10,12H2,1-2,4-5H3,(H2,30,37)/t14-,17-,23-,28-/m0/s1. The molecule has 206 valence electrons. The Labute approximate surface area is 221 Å². The third kappa shape index (κ3) is 3.93. The van der Waals surface area contributed by atoms with E-state index in [2.05, 4.69) is 6.58 Å². The van der Waals surface area contributed by atoms with Gasteiger partial charge in [0, 0.05) is 34.7 Å². The van der Waals surface area contributed by atoms with E-state index in [1.165, 1.54) is 6.07 Å². The van der Waals surface area contributed by atoms with E-state index in [1.807, 2.05) is 18.7 Å². The molecule has 0 spiro atoms. The summed E-state index contributed by atoms with van der Waals surface area (Å²) in [5.74, 6) is -5.54. The van der Waals surface area contributed by atoms with Crippen LogP contribution >= 0.6 is 0 Å². The fourth-order valence-electron chi connectivity index (χ4n) is 6.54. The third-order valence-corrected chi connectivity index (χ3v) is 8.30. The molecule has 4 rings (SSSR count). The second-order valence-corrected chi connectivity index (χ2v) is 10.7. The number of allylic oxidation sites excluding steroid dienone is 1. The Bertz CT molecular complexity index is 1290. The summed E-state index contributed by atoms with van der Waals surface area (Å²) >= 11 is 0. The van der Waals surface area contributed by atoms with Crippen molar-refractivity contribution >= 4 is 11.7 Å². The summed E-state index contributed by atoms with van der Waals surface area (Å²) < 4.78 is 15.8. The van der Waals surface area contributed by atoms with Crippen LogP contribution in [0.15, 0.2) is 40.9 Å². The minimum absolute atomic E-state index is 0.0000394. The van der Waals surface area contributed by atoms with Gasteiger partial charge in [-0.1, -0.05) is 20.4 Å². The first-order valence-electron chi connectivity index (χ1n) is 12.9. The van der Waals surface area contributed by atoms with Crippen LogP contribution in [0, 0.1) is 17.7 Å². The number of nitrogens with zero attached hydrogens (tertiary/aromatic N) is 2. The van der Waals surface area contributed by atoms with Gasteiger partial charge in [-0.3, -0.25) is 19.4 Å². The van der Waals surface area contributed by atoms with Crippen LogP contribution in [0.4, 0.5) is 4.39 Å². The van der Waals surface area contributed by atoms with E-state index in [9.17, 15) is 30.0 Å². The van der Waals surface area contributed by atoms with E-state index in [0.29, 0.717) is 6.54 Å². The van der Waals surface area contributed by atoms with Crippen molar-refractivity contribution in [1.29, 1.82) is 0 Å². The van der Waals surface area contributed by atoms with Crippen molar-refractivity contribution in [2.75, 3.05) is 27.2 Å². The second kappa shape index (κ2) is 9.83. The van der Waals surface area contributed by atoms with Crippen molar-refractivity contribution in [2.45, 2.75) is 51.3 Å². The van der Waals surface area contributed by atoms with E-state index >= 15 is 4.39 Å². The lowest BCUT2D eigenvalue weighted by Crippen LogP contribution is -2.60. The zero-order valence-corrected chi connectivity index (χ0v) is 22.2. The van der Waals surface area contributed by atoms with Crippen LogP contribution in [0.1, 0.15) is 48.2 Å². The van der Waals surface area contributed by atoms with E-state index in [1.54, 1.807) is 19.0 Å². The van der Waals surface area contributed by atoms with Gasteiger partial charge in [-0.2, -0.15) is 0 Å². The van der Waals surface area contributed by atoms with Gasteiger partial charge in [0.15, 0.2) is 11.4 Å². The molecule has 3 aliphatic carbocycles. The summed E-state index contributed by atoms with van der Waals surface area (Å²) in [7, 11) is 3.26. The number of phenolic OH excluding ortho intramolecular Hbond substituents is 1. The van der Waals surface area contributed by atoms with Gasteiger partial charge < -0.3 is 26.2 Å². The number of benzene rings is 1. The Morgan fingerprint density at radius 2 is 1.92 bits per heavy atom. The van der Waals surface area contributed by atoms with Gasteiger partial charge in [0.2, 0.25) is 0 Å². The Balaban J connectivity index is 1.87. The molecule has 10 heteroatoms. The van der Waals surface area contributed by atoms with Gasteiger partial charge in [-0.05, 0) is 58.4 Å². The van der Waals surface area contributed by atoms with Crippen LogP contribution in [0.25, 0.3) is 0 Å². The van der Waals surface area contributed by atoms with E-state index in [4.69, 9.17) is 5.73 Å². The number of amides is 1. The molecule has 0 radical (unpaired) electrons. The molecular weight excluding hydrogens is 493 g/mol. The number of phenols is 1. The molecule has 0 aliphatic heterocycles. The molecule has 0 saturated carbocycles. The Hall–Kier alpha value is -3.21. The highest BCUT2D eigenvalue weighted by molar-refractivity contribution is 6.13. The van der Waals surface area contributed by atoms with Crippen LogP contribution in [-0.2, 0) is 17.8 Å². The monoisotopic (exact) mass is 529 g/mol. The van der Waals surface area contributed by atoms with Crippen molar-refractivity contribution in [3.63, 3.8) is 0 Å². The first kappa shape index (κ1) is 27.8. The SMILES string of the molecule is C=C1C(C(N)=O)=C(O)[C@@H](N(C)C)[C@@H]2C[C@@H]3Cc4c(F)c(CN(CC)CCC)cc(O)c4C(=O)C3=C(O)[C@]12O. The van der Waals surface area contributed by atoms with Crippen LogP contribution in [0.2, 0.25) is 0 Å². The molecular formula is C28H36FN3O6. The number of aliphatic hydroxyl groups is 3. The Kier molecular flexibility index (Phi) is 7.20. The maximum atomic E-state index is 15.8. The lowest BCUT2D eigenvalue weighted by Gasteiger charge is -2.52. The summed E-state index contributed by atoms with van der Waals surface area (Å²) in [6, 6.07) is 0.306. The van der Waals surface area contributed by atoms with E-state index in [-0.39, 0.29) is 53.0 Å². The predicted molar refractivity (Wildman–Crippen MR) is 139 cm³/mol. The number of likely N-dealkylation sites (N-methyl/N-ethyl adjacent to an activating group) is 1. The molecule has 1 aromatic carbocycles. The van der Waals surface area contributed by atoms with Gasteiger partial charge in [0.05, 0.1) is 17.2 Å². The molecule has 1 aromatic rings. The third-order valence-electron chi connectivity index (χ3n) is 8.30. The smallest absolute Gasteiger partial charge is 0.252 e. The van der Waals surface area contributed by atoms with E-state index in [0.717, 1.165) is 13.0 Å². The Morgan fingerprint density at radius 3 is 2.47 bits per heavy atom. The van der Waals surface area contributed by atoms with Crippen LogP contribution < -0.4 is 5.73 Å². The molecule has 0 unspecified atom stereocenters. The van der Waals surface area contributed by atoms with Gasteiger partial charge in [-0.25, -0.2) is 4.39 Å². The average Bonchev–Trinajstić information content (AvgIpc) is 2.83. The summed E-state index contributed by atoms with van der Waals surface area (Å²) in [6.07, 6.45) is 0.947. The van der Waals surface area contributed by atoms with Gasteiger partial charge in [-0.15, -0.1) is 0 Å². The molecule has 0 fully saturated rings. The lowest BCUT2D eigenvalue weighted by atomic mass is 9.57. The predicted octanol–water partition coefficient (Wildman–Crippen LogP) is 2.48. The van der Waals surface area contributed by atoms with Crippen LogP contribution in [0.5, 0.6) is 5.75 Å². The summed E-state index contributed by atoms with van der Waals surface area (Å²) in [5, 5.41) is 45.1. The van der Waals surface area contributed by atoms with Crippen molar-refractivity contribution in [3.05, 3.63) is 63.4 Å². The minimum atomic E-state index is -2.28. The minimum Gasteiger partial charge on any atom is -0.510 e. The molecule has 4 atom stereocenters. The van der Waals surface area contributed by atoms with Crippen LogP contribution in [0.3, 0.4) is 0 Å². The number of primary amides is 1. The molecule has 38 heavy (non-hydrogen) atoms. The number of halogens is 1. The number of hydrogen-bond donors (Lipinski definition) is 5. The maximum Gasteiger partial charge on any atom is 0.252 e. The molecule has 0 saturated heterocycles. The molecule has 9 nitrogen and oxygen atoms in total. The summed E-state index contributed by atoms with van der Waals surface area (Å²) in [4.78, 5) is 29.5. The molecule has 3 aliphatic rings. The van der Waals surface area contributed by atoms with Gasteiger partial charge in [0.1, 0.15) is 23.1 Å². The number of Topliss-reactive ketones (excluding diaryl/α,β-unsaturated/α-hetero) is 1. The average molecular weight is 530 g/mol. The zero-order chi connectivity index (χ0) is 28.3. The quantitative estimate of drug-likeness (QED) is 0.362. The van der Waals surface area contributed by atoms with Crippen molar-refractivity contribution in [3.8, 4) is 5.75 Å². The number of carbonyl (C=O) groups is 2. The summed E-state index contributed by atoms with van der Waals surface area (Å²) in [6.45, 7) is 9.45. The highest BCUT2D eigenvalue weighted by Gasteiger charge is 2.60. The number of aromatic hydroxyl groups is 1. The molecule has 0 heterocycles. The topological polar surface area (TPSA) is 148 Å². The number of rotatable bonds is 7. The fraction of sp³-hybridized carbons (Fsp3) is 0.500. The first-order chi connectivity index (χ1) is 17.8. The van der Waals surface area contributed by atoms with Gasteiger partial charge in [0.25, 0.3) is 5.91 Å². The first-order valence-corrected chi connectivity index (χ1v) is 12.9. The number of carbonyl (C=O) groups excluding carboxylic acids is 2. The Morgan fingerprint density at radius 1 is 1.26 bits per heavy atom. The molecule has 0 bridgehead atoms. The van der Waals surface area contributed by atoms with Crippen molar-refractivity contribution in [2.24, 2.45) is 17.6 Å². The number of fused-ring (bicyclic) bond motifs is 3. The lowest BCUT2D eigenvalue weighted by molar-refractivity contribution is -0.115. The zero-order valence-electron chi connectivity index (χ0n) is 22.2. The van der Waals surface area contributed by atoms with Gasteiger partial charge >= 0.3 is 0 Å². The maximum absolute atomic E-state index is 15.8. The van der Waals surface area contributed by atoms with Crippen molar-refractivity contribution < 1.29 is 34.4 Å². The highest BCUT2D eigenvalue weighted by atomic mass is 19.1. The van der Waals surface area contributed by atoms with Crippen LogP contribution in [-0.4, -0.2) is 80.7 Å². The molecule has 0 aromatic heterocycles. The number of hydrogen-bond acceptors (Lipinski definition) is 8. The largest absolute Gasteiger partial charge is 0.510 e. The normalized spacial score (nSPS) is 27.1. The summed E-state index contributed by atoms with van der Waals surface area (Å²) in [5.41, 5.74) is 2.41. The number of ketones is 1. The van der Waals surface area contributed by atoms with Crippen molar-refractivity contribution in [1.82, 2.24) is 9.80 Å². The number of aliphatic hydroxyl groups excluding tert-OH is 2. The highest BCUT2D eigenvalue weighted by Crippen LogP contribution is 2.55. The number of nitrogens with two attached hydrogens (primary N) is 1. The van der Waals surface area contributed by atoms with E-state index < -0.39 is 58.1 Å². The second-order valence-electron chi connectivity index (χ2n) is 10.7. The molecule has 6 N–H and O–H groups in total. The fourth-order valence-corrected chi connectivity index (χ4v) is 6.54.